The van der Waals surface area contributed by atoms with E-state index < -0.39 is 17.2 Å². The van der Waals surface area contributed by atoms with Gasteiger partial charge in [-0.15, -0.1) is 0 Å². The van der Waals surface area contributed by atoms with Crippen LogP contribution in [0.4, 0.5) is 24.9 Å². The molecule has 2 rings (SSSR count). The Kier molecular flexibility index (Phi) is 6.13. The van der Waals surface area contributed by atoms with E-state index in [1.165, 1.54) is 12.1 Å². The van der Waals surface area contributed by atoms with Crippen molar-refractivity contribution in [2.24, 2.45) is 0 Å². The maximum Gasteiger partial charge on any atom is 0.416 e. The summed E-state index contributed by atoms with van der Waals surface area (Å²) in [4.78, 5) is 8.47. The Balaban J connectivity index is 2.33. The van der Waals surface area contributed by atoms with E-state index in [0.717, 1.165) is 41.9 Å². The van der Waals surface area contributed by atoms with Crippen LogP contribution in [0.5, 0.6) is 0 Å². The molecule has 3 N–H and O–H groups in total. The Morgan fingerprint density at radius 3 is 2.22 bits per heavy atom. The first-order valence-electron chi connectivity index (χ1n) is 8.79. The van der Waals surface area contributed by atoms with Gasteiger partial charge in [0.15, 0.2) is 0 Å². The normalized spacial score (nSPS) is 12.6. The van der Waals surface area contributed by atoms with Crippen molar-refractivity contribution in [2.75, 3.05) is 17.6 Å². The van der Waals surface area contributed by atoms with E-state index >= 15 is 0 Å². The fraction of sp³-hybridized carbons (Fsp3) is 0.400. The lowest BCUT2D eigenvalue weighted by Crippen LogP contribution is -2.15. The lowest BCUT2D eigenvalue weighted by Gasteiger charge is -2.22. The van der Waals surface area contributed by atoms with Crippen LogP contribution in [0, 0.1) is 6.92 Å². The van der Waals surface area contributed by atoms with E-state index in [4.69, 9.17) is 5.73 Å². The Morgan fingerprint density at radius 2 is 1.67 bits per heavy atom. The van der Waals surface area contributed by atoms with E-state index in [1.54, 1.807) is 0 Å². The van der Waals surface area contributed by atoms with Gasteiger partial charge in [0.2, 0.25) is 5.95 Å². The lowest BCUT2D eigenvalue weighted by molar-refractivity contribution is -0.137. The molecule has 7 heteroatoms. The van der Waals surface area contributed by atoms with Crippen molar-refractivity contribution in [3.8, 4) is 0 Å². The maximum absolute atomic E-state index is 12.8. The number of nitrogens with one attached hydrogen (secondary N) is 1. The standard InChI is InChI=1S/C20H25F3N4/c1-5-12-25-17-16(13(2)26-18(24)27-17)10-11-19(3,4)14-6-8-15(9-7-14)20(21,22)23/h6-11H,5,12H2,1-4H3,(H3,24,25,26,27). The Labute approximate surface area is 157 Å². The molecule has 1 aromatic heterocycles. The van der Waals surface area contributed by atoms with Gasteiger partial charge in [0.1, 0.15) is 5.82 Å². The average molecular weight is 378 g/mol. The third-order valence-corrected chi connectivity index (χ3v) is 4.32. The fourth-order valence-electron chi connectivity index (χ4n) is 2.66. The molecule has 1 heterocycles. The van der Waals surface area contributed by atoms with Gasteiger partial charge in [-0.2, -0.15) is 18.2 Å². The number of aromatic nitrogens is 2. The van der Waals surface area contributed by atoms with Crippen molar-refractivity contribution in [2.45, 2.75) is 45.7 Å². The summed E-state index contributed by atoms with van der Waals surface area (Å²) in [5, 5.41) is 3.24. The summed E-state index contributed by atoms with van der Waals surface area (Å²) in [5.41, 5.74) is 6.95. The van der Waals surface area contributed by atoms with Crippen LogP contribution < -0.4 is 11.1 Å². The molecule has 2 aromatic rings. The van der Waals surface area contributed by atoms with Crippen molar-refractivity contribution < 1.29 is 13.2 Å². The summed E-state index contributed by atoms with van der Waals surface area (Å²) in [6.45, 7) is 8.53. The van der Waals surface area contributed by atoms with Crippen LogP contribution in [-0.4, -0.2) is 16.5 Å². The maximum atomic E-state index is 12.8. The summed E-state index contributed by atoms with van der Waals surface area (Å²) in [7, 11) is 0. The van der Waals surface area contributed by atoms with E-state index in [2.05, 4.69) is 15.3 Å². The van der Waals surface area contributed by atoms with Crippen molar-refractivity contribution >= 4 is 17.8 Å². The number of allylic oxidation sites excluding steroid dienone is 1. The highest BCUT2D eigenvalue weighted by Gasteiger charge is 2.30. The molecule has 0 atom stereocenters. The number of aryl methyl sites for hydroxylation is 1. The molecule has 1 aromatic carbocycles. The number of rotatable bonds is 6. The minimum absolute atomic E-state index is 0.199. The third-order valence-electron chi connectivity index (χ3n) is 4.32. The van der Waals surface area contributed by atoms with Crippen LogP contribution >= 0.6 is 0 Å². The molecule has 0 unspecified atom stereocenters. The predicted octanol–water partition coefficient (Wildman–Crippen LogP) is 5.20. The number of nitrogens with zero attached hydrogens (tertiary/aromatic N) is 2. The second kappa shape index (κ2) is 7.98. The molecular formula is C20H25F3N4. The molecular weight excluding hydrogens is 353 g/mol. The topological polar surface area (TPSA) is 63.8 Å². The number of nitrogens with two attached hydrogens (primary N) is 1. The zero-order chi connectivity index (χ0) is 20.2. The molecule has 0 radical (unpaired) electrons. The van der Waals surface area contributed by atoms with Gasteiger partial charge in [-0.3, -0.25) is 0 Å². The van der Waals surface area contributed by atoms with Gasteiger partial charge < -0.3 is 11.1 Å². The van der Waals surface area contributed by atoms with Crippen LogP contribution in [0.3, 0.4) is 0 Å². The zero-order valence-corrected chi connectivity index (χ0v) is 16.0. The van der Waals surface area contributed by atoms with E-state index in [0.29, 0.717) is 5.82 Å². The molecule has 27 heavy (non-hydrogen) atoms. The second-order valence-corrected chi connectivity index (χ2v) is 6.99. The molecule has 4 nitrogen and oxygen atoms in total. The van der Waals surface area contributed by atoms with Gasteiger partial charge in [-0.25, -0.2) is 4.98 Å². The third kappa shape index (κ3) is 5.21. The summed E-state index contributed by atoms with van der Waals surface area (Å²) in [6, 6.07) is 5.24. The number of hydrogen-bond acceptors (Lipinski definition) is 4. The number of nitrogen functional groups attached to an aromatic ring is 1. The first-order valence-corrected chi connectivity index (χ1v) is 8.79. The van der Waals surface area contributed by atoms with E-state index in [-0.39, 0.29) is 5.95 Å². The average Bonchev–Trinajstić information content (AvgIpc) is 2.58. The van der Waals surface area contributed by atoms with Crippen molar-refractivity contribution in [1.82, 2.24) is 9.97 Å². The summed E-state index contributed by atoms with van der Waals surface area (Å²) < 4.78 is 38.3. The number of alkyl halides is 3. The van der Waals surface area contributed by atoms with Crippen LogP contribution in [-0.2, 0) is 11.6 Å². The largest absolute Gasteiger partial charge is 0.416 e. The smallest absolute Gasteiger partial charge is 0.369 e. The van der Waals surface area contributed by atoms with Crippen molar-refractivity contribution in [3.05, 3.63) is 52.7 Å². The highest BCUT2D eigenvalue weighted by Crippen LogP contribution is 2.32. The van der Waals surface area contributed by atoms with Crippen molar-refractivity contribution in [1.29, 1.82) is 0 Å². The predicted molar refractivity (Wildman–Crippen MR) is 103 cm³/mol. The first kappa shape index (κ1) is 20.7. The Hall–Kier alpha value is -2.57. The molecule has 0 aliphatic rings. The number of anilines is 2. The molecule has 0 saturated carbocycles. The van der Waals surface area contributed by atoms with Gasteiger partial charge in [-0.1, -0.05) is 45.1 Å². The molecule has 0 fully saturated rings. The molecule has 0 aliphatic heterocycles. The van der Waals surface area contributed by atoms with Crippen molar-refractivity contribution in [3.63, 3.8) is 0 Å². The summed E-state index contributed by atoms with van der Waals surface area (Å²) >= 11 is 0. The second-order valence-electron chi connectivity index (χ2n) is 6.99. The van der Waals surface area contributed by atoms with Crippen LogP contribution in [0.15, 0.2) is 30.3 Å². The minimum atomic E-state index is -4.34. The number of hydrogen-bond donors (Lipinski definition) is 2. The minimum Gasteiger partial charge on any atom is -0.369 e. The van der Waals surface area contributed by atoms with Gasteiger partial charge in [0.05, 0.1) is 11.3 Å². The molecule has 0 bridgehead atoms. The first-order chi connectivity index (χ1) is 12.5. The van der Waals surface area contributed by atoms with Crippen LogP contribution in [0.1, 0.15) is 49.6 Å². The van der Waals surface area contributed by atoms with Crippen LogP contribution in [0.25, 0.3) is 6.08 Å². The number of benzene rings is 1. The summed E-state index contributed by atoms with van der Waals surface area (Å²) in [5.74, 6) is 0.853. The van der Waals surface area contributed by atoms with Gasteiger partial charge >= 0.3 is 6.18 Å². The van der Waals surface area contributed by atoms with E-state index in [1.807, 2.05) is 39.8 Å². The number of halogens is 3. The molecule has 146 valence electrons. The molecule has 0 amide bonds. The fourth-order valence-corrected chi connectivity index (χ4v) is 2.66. The quantitative estimate of drug-likeness (QED) is 0.725. The Morgan fingerprint density at radius 1 is 1.07 bits per heavy atom. The highest BCUT2D eigenvalue weighted by molar-refractivity contribution is 5.67. The molecule has 0 spiro atoms. The van der Waals surface area contributed by atoms with Crippen LogP contribution in [0.2, 0.25) is 0 Å². The SMILES string of the molecule is CCCNc1nc(N)nc(C)c1C=CC(C)(C)c1ccc(C(F)(F)F)cc1. The lowest BCUT2D eigenvalue weighted by atomic mass is 9.83. The summed E-state index contributed by atoms with van der Waals surface area (Å²) in [6.07, 6.45) is 0.430. The van der Waals surface area contributed by atoms with E-state index in [9.17, 15) is 13.2 Å². The van der Waals surface area contributed by atoms with Gasteiger partial charge in [0.25, 0.3) is 0 Å². The molecule has 0 saturated heterocycles. The zero-order valence-electron chi connectivity index (χ0n) is 16.0. The van der Waals surface area contributed by atoms with Gasteiger partial charge in [0, 0.05) is 17.5 Å². The monoisotopic (exact) mass is 378 g/mol. The highest BCUT2D eigenvalue weighted by atomic mass is 19.4. The van der Waals surface area contributed by atoms with Gasteiger partial charge in [-0.05, 0) is 31.0 Å². The Bertz CT molecular complexity index is 809. The molecule has 0 aliphatic carbocycles.